The SMILES string of the molecule is Cc1cc(C)n(CC(=O)N2CCCC2CCc2ccncc2)n1. The summed E-state index contributed by atoms with van der Waals surface area (Å²) in [5, 5.41) is 4.40. The highest BCUT2D eigenvalue weighted by Gasteiger charge is 2.28. The third-order valence-corrected chi connectivity index (χ3v) is 4.60. The molecule has 2 aromatic heterocycles. The molecule has 1 atom stereocenters. The molecule has 1 fully saturated rings. The Balaban J connectivity index is 1.59. The molecule has 5 nitrogen and oxygen atoms in total. The average Bonchev–Trinajstić information content (AvgIpc) is 3.13. The summed E-state index contributed by atoms with van der Waals surface area (Å²) in [6, 6.07) is 6.47. The standard InChI is InChI=1S/C18H24N4O/c1-14-12-15(2)22(20-14)13-18(23)21-11-3-4-17(21)6-5-16-7-9-19-10-8-16/h7-10,12,17H,3-6,11,13H2,1-2H3. The molecule has 1 aliphatic rings. The topological polar surface area (TPSA) is 51.0 Å². The van der Waals surface area contributed by atoms with Gasteiger partial charge in [-0.3, -0.25) is 14.5 Å². The van der Waals surface area contributed by atoms with E-state index in [0.29, 0.717) is 12.6 Å². The van der Waals surface area contributed by atoms with E-state index in [1.54, 1.807) is 0 Å². The van der Waals surface area contributed by atoms with Gasteiger partial charge in [-0.15, -0.1) is 0 Å². The molecule has 0 N–H and O–H groups in total. The fourth-order valence-corrected chi connectivity index (χ4v) is 3.40. The maximum Gasteiger partial charge on any atom is 0.244 e. The first kappa shape index (κ1) is 15.7. The number of likely N-dealkylation sites (tertiary alicyclic amines) is 1. The quantitative estimate of drug-likeness (QED) is 0.852. The van der Waals surface area contributed by atoms with Crippen LogP contribution in [-0.2, 0) is 17.8 Å². The molecule has 1 amide bonds. The third-order valence-electron chi connectivity index (χ3n) is 4.60. The predicted octanol–water partition coefficient (Wildman–Crippen LogP) is 2.52. The average molecular weight is 312 g/mol. The number of rotatable bonds is 5. The van der Waals surface area contributed by atoms with Gasteiger partial charge in [-0.1, -0.05) is 0 Å². The first-order valence-electron chi connectivity index (χ1n) is 8.33. The van der Waals surface area contributed by atoms with Gasteiger partial charge in [0, 0.05) is 30.7 Å². The minimum Gasteiger partial charge on any atom is -0.338 e. The van der Waals surface area contributed by atoms with Crippen LogP contribution in [0.1, 0.15) is 36.2 Å². The van der Waals surface area contributed by atoms with E-state index in [0.717, 1.165) is 43.6 Å². The van der Waals surface area contributed by atoms with E-state index < -0.39 is 0 Å². The molecule has 3 heterocycles. The Bertz CT molecular complexity index is 665. The Hall–Kier alpha value is -2.17. The van der Waals surface area contributed by atoms with Crippen molar-refractivity contribution in [2.45, 2.75) is 52.1 Å². The first-order chi connectivity index (χ1) is 11.1. The second-order valence-electron chi connectivity index (χ2n) is 6.36. The molecule has 23 heavy (non-hydrogen) atoms. The van der Waals surface area contributed by atoms with E-state index in [4.69, 9.17) is 0 Å². The molecule has 2 aromatic rings. The smallest absolute Gasteiger partial charge is 0.244 e. The number of amides is 1. The van der Waals surface area contributed by atoms with Crippen molar-refractivity contribution in [1.82, 2.24) is 19.7 Å². The van der Waals surface area contributed by atoms with E-state index in [1.165, 1.54) is 5.56 Å². The van der Waals surface area contributed by atoms with Crippen LogP contribution in [0.15, 0.2) is 30.6 Å². The highest BCUT2D eigenvalue weighted by atomic mass is 16.2. The van der Waals surface area contributed by atoms with Crippen LogP contribution in [0.5, 0.6) is 0 Å². The fraction of sp³-hybridized carbons (Fsp3) is 0.500. The zero-order chi connectivity index (χ0) is 16.2. The molecule has 5 heteroatoms. The molecule has 0 saturated carbocycles. The molecular weight excluding hydrogens is 288 g/mol. The Kier molecular flexibility index (Phi) is 4.74. The molecule has 3 rings (SSSR count). The number of hydrogen-bond acceptors (Lipinski definition) is 3. The van der Waals surface area contributed by atoms with E-state index in [2.05, 4.69) is 27.1 Å². The van der Waals surface area contributed by atoms with Gasteiger partial charge in [-0.05, 0) is 63.3 Å². The van der Waals surface area contributed by atoms with Crippen LogP contribution in [0.25, 0.3) is 0 Å². The highest BCUT2D eigenvalue weighted by Crippen LogP contribution is 2.22. The molecular formula is C18H24N4O. The van der Waals surface area contributed by atoms with E-state index in [9.17, 15) is 4.79 Å². The van der Waals surface area contributed by atoms with Gasteiger partial charge in [0.25, 0.3) is 0 Å². The Morgan fingerprint density at radius 2 is 2.09 bits per heavy atom. The van der Waals surface area contributed by atoms with Crippen molar-refractivity contribution in [3.05, 3.63) is 47.5 Å². The van der Waals surface area contributed by atoms with Gasteiger partial charge >= 0.3 is 0 Å². The monoisotopic (exact) mass is 312 g/mol. The highest BCUT2D eigenvalue weighted by molar-refractivity contribution is 5.76. The van der Waals surface area contributed by atoms with Gasteiger partial charge in [-0.2, -0.15) is 5.10 Å². The molecule has 1 unspecified atom stereocenters. The number of hydrogen-bond donors (Lipinski definition) is 0. The van der Waals surface area contributed by atoms with Crippen molar-refractivity contribution >= 4 is 5.91 Å². The molecule has 0 spiro atoms. The summed E-state index contributed by atoms with van der Waals surface area (Å²) in [6.45, 7) is 5.18. The minimum absolute atomic E-state index is 0.188. The van der Waals surface area contributed by atoms with E-state index >= 15 is 0 Å². The van der Waals surface area contributed by atoms with E-state index in [-0.39, 0.29) is 5.91 Å². The fourth-order valence-electron chi connectivity index (χ4n) is 3.40. The van der Waals surface area contributed by atoms with Crippen molar-refractivity contribution in [3.8, 4) is 0 Å². The number of aryl methyl sites for hydroxylation is 3. The normalized spacial score (nSPS) is 17.7. The molecule has 122 valence electrons. The molecule has 0 bridgehead atoms. The van der Waals surface area contributed by atoms with Crippen LogP contribution >= 0.6 is 0 Å². The predicted molar refractivity (Wildman–Crippen MR) is 89.0 cm³/mol. The summed E-state index contributed by atoms with van der Waals surface area (Å²) in [6.07, 6.45) is 7.88. The number of carbonyl (C=O) groups is 1. The van der Waals surface area contributed by atoms with Gasteiger partial charge < -0.3 is 4.90 Å². The van der Waals surface area contributed by atoms with Crippen LogP contribution in [-0.4, -0.2) is 38.2 Å². The number of aromatic nitrogens is 3. The van der Waals surface area contributed by atoms with Crippen LogP contribution < -0.4 is 0 Å². The van der Waals surface area contributed by atoms with Gasteiger partial charge in [0.15, 0.2) is 0 Å². The summed E-state index contributed by atoms with van der Waals surface area (Å²) in [7, 11) is 0. The van der Waals surface area contributed by atoms with Crippen molar-refractivity contribution in [2.75, 3.05) is 6.54 Å². The van der Waals surface area contributed by atoms with Crippen LogP contribution in [0, 0.1) is 13.8 Å². The number of carbonyl (C=O) groups excluding carboxylic acids is 1. The second-order valence-corrected chi connectivity index (χ2v) is 6.36. The maximum atomic E-state index is 12.7. The van der Waals surface area contributed by atoms with Crippen molar-refractivity contribution < 1.29 is 4.79 Å². The van der Waals surface area contributed by atoms with Crippen molar-refractivity contribution in [1.29, 1.82) is 0 Å². The van der Waals surface area contributed by atoms with Gasteiger partial charge in [-0.25, -0.2) is 0 Å². The second kappa shape index (κ2) is 6.94. The molecule has 1 aliphatic heterocycles. The number of nitrogens with zero attached hydrogens (tertiary/aromatic N) is 4. The van der Waals surface area contributed by atoms with Gasteiger partial charge in [0.2, 0.25) is 5.91 Å². The summed E-state index contributed by atoms with van der Waals surface area (Å²) in [5.74, 6) is 0.188. The van der Waals surface area contributed by atoms with Crippen molar-refractivity contribution in [3.63, 3.8) is 0 Å². The lowest BCUT2D eigenvalue weighted by Crippen LogP contribution is -2.38. The lowest BCUT2D eigenvalue weighted by atomic mass is 10.0. The largest absolute Gasteiger partial charge is 0.338 e. The molecule has 0 radical (unpaired) electrons. The Morgan fingerprint density at radius 3 is 2.78 bits per heavy atom. The summed E-state index contributed by atoms with van der Waals surface area (Å²) in [4.78, 5) is 18.8. The van der Waals surface area contributed by atoms with Gasteiger partial charge in [0.1, 0.15) is 6.54 Å². The van der Waals surface area contributed by atoms with Gasteiger partial charge in [0.05, 0.1) is 5.69 Å². The Morgan fingerprint density at radius 1 is 1.30 bits per heavy atom. The van der Waals surface area contributed by atoms with Crippen molar-refractivity contribution in [2.24, 2.45) is 0 Å². The van der Waals surface area contributed by atoms with E-state index in [1.807, 2.05) is 37.0 Å². The Labute approximate surface area is 137 Å². The van der Waals surface area contributed by atoms with Crippen LogP contribution in [0.3, 0.4) is 0 Å². The lowest BCUT2D eigenvalue weighted by molar-refractivity contribution is -0.133. The summed E-state index contributed by atoms with van der Waals surface area (Å²) in [5.41, 5.74) is 3.30. The lowest BCUT2D eigenvalue weighted by Gasteiger charge is -2.25. The number of pyridine rings is 1. The first-order valence-corrected chi connectivity index (χ1v) is 8.33. The van der Waals surface area contributed by atoms with Crippen LogP contribution in [0.2, 0.25) is 0 Å². The summed E-state index contributed by atoms with van der Waals surface area (Å²) < 4.78 is 1.82. The maximum absolute atomic E-state index is 12.7. The zero-order valence-electron chi connectivity index (χ0n) is 13.9. The molecule has 0 aliphatic carbocycles. The third kappa shape index (κ3) is 3.78. The molecule has 0 aromatic carbocycles. The summed E-state index contributed by atoms with van der Waals surface area (Å²) >= 11 is 0. The van der Waals surface area contributed by atoms with Crippen LogP contribution in [0.4, 0.5) is 0 Å². The minimum atomic E-state index is 0.188. The molecule has 1 saturated heterocycles. The zero-order valence-corrected chi connectivity index (χ0v) is 13.9.